The van der Waals surface area contributed by atoms with Gasteiger partial charge >= 0.3 is 5.69 Å². The molecule has 1 aromatic rings. The number of nitrogens with zero attached hydrogens (tertiary/aromatic N) is 2. The van der Waals surface area contributed by atoms with E-state index in [0.29, 0.717) is 12.5 Å². The first-order valence-electron chi connectivity index (χ1n) is 8.93. The van der Waals surface area contributed by atoms with Gasteiger partial charge in [-0.3, -0.25) is 24.0 Å². The predicted octanol–water partition coefficient (Wildman–Crippen LogP) is -0.210. The second-order valence-electron chi connectivity index (χ2n) is 6.33. The summed E-state index contributed by atoms with van der Waals surface area (Å²) in [5.74, 6) is 0.257. The molecular weight excluding hydrogens is 324 g/mol. The van der Waals surface area contributed by atoms with Crippen molar-refractivity contribution in [2.24, 2.45) is 5.92 Å². The Hall–Kier alpha value is -1.93. The molecular formula is C17H28N4O4. The van der Waals surface area contributed by atoms with E-state index in [9.17, 15) is 14.4 Å². The van der Waals surface area contributed by atoms with Crippen LogP contribution in [0, 0.1) is 5.92 Å². The van der Waals surface area contributed by atoms with Gasteiger partial charge < -0.3 is 10.1 Å². The highest BCUT2D eigenvalue weighted by molar-refractivity contribution is 5.75. The molecule has 2 rings (SSSR count). The van der Waals surface area contributed by atoms with Crippen molar-refractivity contribution in [2.45, 2.75) is 39.3 Å². The number of carbonyl (C=O) groups excluding carboxylic acids is 1. The predicted molar refractivity (Wildman–Crippen MR) is 94.6 cm³/mol. The van der Waals surface area contributed by atoms with Crippen molar-refractivity contribution < 1.29 is 9.53 Å². The van der Waals surface area contributed by atoms with Crippen molar-refractivity contribution in [1.82, 2.24) is 19.8 Å². The number of amides is 1. The molecule has 8 heteroatoms. The molecule has 25 heavy (non-hydrogen) atoms. The van der Waals surface area contributed by atoms with Crippen LogP contribution in [0.4, 0.5) is 0 Å². The zero-order valence-corrected chi connectivity index (χ0v) is 15.0. The molecule has 1 amide bonds. The Morgan fingerprint density at radius 1 is 1.28 bits per heavy atom. The highest BCUT2D eigenvalue weighted by Gasteiger charge is 2.27. The Bertz CT molecular complexity index is 659. The SMILES string of the molecule is CCC(CC)C(CNC(=O)Cn1ccc(=O)[nH]c1=O)N1CCOCC1. The first kappa shape index (κ1) is 19.4. The van der Waals surface area contributed by atoms with Crippen LogP contribution in [0.2, 0.25) is 0 Å². The van der Waals surface area contributed by atoms with E-state index in [1.807, 2.05) is 0 Å². The third kappa shape index (κ3) is 5.54. The fraction of sp³-hybridized carbons (Fsp3) is 0.706. The standard InChI is InChI=1S/C17H28N4O4/c1-3-13(4-2)14(20-7-9-25-10-8-20)11-18-16(23)12-21-6-5-15(22)19-17(21)24/h5-6,13-14H,3-4,7-12H2,1-2H3,(H,18,23)(H,19,22,24). The lowest BCUT2D eigenvalue weighted by Crippen LogP contribution is -2.52. The molecule has 2 heterocycles. The number of hydrogen-bond donors (Lipinski definition) is 2. The number of rotatable bonds is 8. The Morgan fingerprint density at radius 3 is 2.56 bits per heavy atom. The smallest absolute Gasteiger partial charge is 0.328 e. The molecule has 1 unspecified atom stereocenters. The van der Waals surface area contributed by atoms with Gasteiger partial charge in [0.15, 0.2) is 0 Å². The van der Waals surface area contributed by atoms with Crippen LogP contribution in [-0.4, -0.2) is 59.2 Å². The summed E-state index contributed by atoms with van der Waals surface area (Å²) in [6.45, 7) is 7.96. The topological polar surface area (TPSA) is 96.4 Å². The molecule has 1 fully saturated rings. The average Bonchev–Trinajstić information content (AvgIpc) is 2.62. The molecule has 1 saturated heterocycles. The van der Waals surface area contributed by atoms with Gasteiger partial charge in [-0.1, -0.05) is 26.7 Å². The van der Waals surface area contributed by atoms with E-state index in [-0.39, 0.29) is 18.5 Å². The molecule has 1 aliphatic heterocycles. The van der Waals surface area contributed by atoms with Gasteiger partial charge in [-0.25, -0.2) is 4.79 Å². The van der Waals surface area contributed by atoms with Crippen molar-refractivity contribution in [3.05, 3.63) is 33.1 Å². The molecule has 1 aromatic heterocycles. The summed E-state index contributed by atoms with van der Waals surface area (Å²) in [6.07, 6.45) is 3.43. The van der Waals surface area contributed by atoms with Crippen molar-refractivity contribution in [1.29, 1.82) is 0 Å². The van der Waals surface area contributed by atoms with Crippen LogP contribution in [0.15, 0.2) is 21.9 Å². The number of morpholine rings is 1. The third-order valence-electron chi connectivity index (χ3n) is 4.83. The molecule has 0 aliphatic carbocycles. The maximum atomic E-state index is 12.2. The second-order valence-corrected chi connectivity index (χ2v) is 6.33. The molecule has 8 nitrogen and oxygen atoms in total. The summed E-state index contributed by atoms with van der Waals surface area (Å²) in [7, 11) is 0. The Labute approximate surface area is 147 Å². The van der Waals surface area contributed by atoms with Crippen molar-refractivity contribution in [3.63, 3.8) is 0 Å². The van der Waals surface area contributed by atoms with E-state index in [1.165, 1.54) is 16.8 Å². The van der Waals surface area contributed by atoms with Crippen molar-refractivity contribution in [2.75, 3.05) is 32.8 Å². The zero-order valence-electron chi connectivity index (χ0n) is 15.0. The zero-order chi connectivity index (χ0) is 18.2. The molecule has 1 atom stereocenters. The first-order valence-corrected chi connectivity index (χ1v) is 8.93. The summed E-state index contributed by atoms with van der Waals surface area (Å²) < 4.78 is 6.62. The van der Waals surface area contributed by atoms with E-state index >= 15 is 0 Å². The van der Waals surface area contributed by atoms with E-state index < -0.39 is 11.2 Å². The molecule has 1 aliphatic rings. The molecule has 0 saturated carbocycles. The first-order chi connectivity index (χ1) is 12.0. The van der Waals surface area contributed by atoms with E-state index in [1.54, 1.807) is 0 Å². The minimum absolute atomic E-state index is 0.103. The quantitative estimate of drug-likeness (QED) is 0.675. The van der Waals surface area contributed by atoms with Crippen molar-refractivity contribution >= 4 is 5.91 Å². The third-order valence-corrected chi connectivity index (χ3v) is 4.83. The number of nitrogens with one attached hydrogen (secondary N) is 2. The maximum Gasteiger partial charge on any atom is 0.328 e. The lowest BCUT2D eigenvalue weighted by Gasteiger charge is -2.38. The molecule has 0 spiro atoms. The second kappa shape index (κ2) is 9.53. The van der Waals surface area contributed by atoms with Gasteiger partial charge in [-0.2, -0.15) is 0 Å². The van der Waals surface area contributed by atoms with E-state index in [2.05, 4.69) is 29.0 Å². The Kier molecular flexibility index (Phi) is 7.39. The molecule has 0 bridgehead atoms. The van der Waals surface area contributed by atoms with E-state index in [4.69, 9.17) is 4.74 Å². The van der Waals surface area contributed by atoms with Crippen LogP contribution in [-0.2, 0) is 16.1 Å². The molecule has 140 valence electrons. The van der Waals surface area contributed by atoms with Gasteiger partial charge in [0.2, 0.25) is 5.91 Å². The fourth-order valence-electron chi connectivity index (χ4n) is 3.33. The average molecular weight is 352 g/mol. The summed E-state index contributed by atoms with van der Waals surface area (Å²) >= 11 is 0. The molecule has 2 N–H and O–H groups in total. The van der Waals surface area contributed by atoms with Gasteiger partial charge in [0, 0.05) is 37.9 Å². The summed E-state index contributed by atoms with van der Waals surface area (Å²) in [6, 6.07) is 1.49. The lowest BCUT2D eigenvalue weighted by atomic mass is 9.92. The van der Waals surface area contributed by atoms with E-state index in [0.717, 1.165) is 39.1 Å². The van der Waals surface area contributed by atoms with Crippen LogP contribution in [0.1, 0.15) is 26.7 Å². The minimum Gasteiger partial charge on any atom is -0.379 e. The summed E-state index contributed by atoms with van der Waals surface area (Å²) in [4.78, 5) is 39.5. The number of carbonyl (C=O) groups is 1. The highest BCUT2D eigenvalue weighted by atomic mass is 16.5. The largest absolute Gasteiger partial charge is 0.379 e. The lowest BCUT2D eigenvalue weighted by molar-refractivity contribution is -0.122. The van der Waals surface area contributed by atoms with Crippen molar-refractivity contribution in [3.8, 4) is 0 Å². The Morgan fingerprint density at radius 2 is 1.96 bits per heavy atom. The number of aromatic amines is 1. The highest BCUT2D eigenvalue weighted by Crippen LogP contribution is 2.19. The number of ether oxygens (including phenoxy) is 1. The van der Waals surface area contributed by atoms with Crippen LogP contribution < -0.4 is 16.6 Å². The minimum atomic E-state index is -0.577. The van der Waals surface area contributed by atoms with Crippen LogP contribution in [0.5, 0.6) is 0 Å². The monoisotopic (exact) mass is 352 g/mol. The number of H-pyrrole nitrogens is 1. The molecule has 0 radical (unpaired) electrons. The summed E-state index contributed by atoms with van der Waals surface area (Å²) in [5, 5.41) is 2.95. The van der Waals surface area contributed by atoms with Crippen LogP contribution in [0.3, 0.4) is 0 Å². The van der Waals surface area contributed by atoms with Gasteiger partial charge in [0.05, 0.1) is 13.2 Å². The fourth-order valence-corrected chi connectivity index (χ4v) is 3.33. The molecule has 0 aromatic carbocycles. The van der Waals surface area contributed by atoms with Gasteiger partial charge in [0.1, 0.15) is 6.54 Å². The normalized spacial score (nSPS) is 16.8. The maximum absolute atomic E-state index is 12.2. The van der Waals surface area contributed by atoms with Gasteiger partial charge in [-0.15, -0.1) is 0 Å². The van der Waals surface area contributed by atoms with Gasteiger partial charge in [-0.05, 0) is 5.92 Å². The van der Waals surface area contributed by atoms with Crippen LogP contribution >= 0.6 is 0 Å². The van der Waals surface area contributed by atoms with Gasteiger partial charge in [0.25, 0.3) is 5.56 Å². The summed E-state index contributed by atoms with van der Waals surface area (Å²) in [5.41, 5.74) is -1.05. The number of aromatic nitrogens is 2. The van der Waals surface area contributed by atoms with Crippen LogP contribution in [0.25, 0.3) is 0 Å². The Balaban J connectivity index is 1.97. The number of hydrogen-bond acceptors (Lipinski definition) is 5.